The molecule has 1 aliphatic carbocycles. The highest BCUT2D eigenvalue weighted by molar-refractivity contribution is 5.85. The lowest BCUT2D eigenvalue weighted by Crippen LogP contribution is -2.50. The quantitative estimate of drug-likeness (QED) is 0.297. The zero-order valence-corrected chi connectivity index (χ0v) is 22.5. The SMILES string of the molecule is COC1(C(=O)N[C@@H](C)c2ccc(-n3cc(F)cn3)nc2)CCC(c2nc(Nc3cc(C)[nH]n3)ccc2C#N)CC1. The molecule has 0 spiro atoms. The molecule has 1 fully saturated rings. The lowest BCUT2D eigenvalue weighted by molar-refractivity contribution is -0.148. The fraction of sp³-hybridized carbons (Fsp3) is 0.357. The van der Waals surface area contributed by atoms with Crippen LogP contribution >= 0.6 is 0 Å². The van der Waals surface area contributed by atoms with Crippen LogP contribution in [0.25, 0.3) is 5.82 Å². The Kier molecular flexibility index (Phi) is 7.57. The number of methoxy groups -OCH3 is 1. The van der Waals surface area contributed by atoms with Crippen molar-refractivity contribution in [1.29, 1.82) is 5.26 Å². The van der Waals surface area contributed by atoms with Gasteiger partial charge in [0.2, 0.25) is 0 Å². The second kappa shape index (κ2) is 11.2. The minimum absolute atomic E-state index is 0.00898. The third kappa shape index (κ3) is 5.55. The summed E-state index contributed by atoms with van der Waals surface area (Å²) in [5.74, 6) is 1.09. The van der Waals surface area contributed by atoms with Crippen molar-refractivity contribution >= 4 is 17.5 Å². The Hall–Kier alpha value is -4.63. The Bertz CT molecular complexity index is 1530. The standard InChI is InChI=1S/C28H30FN9O2/c1-17-12-24(37-36-17)34-23-6-4-20(13-30)26(35-23)19-8-10-28(40-3,11-9-19)27(39)33-18(2)21-5-7-25(31-14-21)38-16-22(29)15-32-38/h4-7,12,14-16,18-19H,8-11H2,1-3H3,(H,33,39)(H2,34,35,36,37)/t18-,19?,28?/m0/s1. The van der Waals surface area contributed by atoms with Crippen LogP contribution in [0.5, 0.6) is 0 Å². The maximum absolute atomic E-state index is 13.5. The van der Waals surface area contributed by atoms with Gasteiger partial charge in [0.25, 0.3) is 5.91 Å². The molecule has 0 aromatic carbocycles. The van der Waals surface area contributed by atoms with Gasteiger partial charge in [-0.3, -0.25) is 9.89 Å². The Morgan fingerprint density at radius 3 is 2.65 bits per heavy atom. The number of hydrogen-bond acceptors (Lipinski definition) is 8. The second-order valence-electron chi connectivity index (χ2n) is 10.0. The molecule has 5 rings (SSSR count). The monoisotopic (exact) mass is 543 g/mol. The van der Waals surface area contributed by atoms with Crippen LogP contribution in [0.2, 0.25) is 0 Å². The highest BCUT2D eigenvalue weighted by Gasteiger charge is 2.43. The summed E-state index contributed by atoms with van der Waals surface area (Å²) >= 11 is 0. The molecule has 4 heterocycles. The third-order valence-electron chi connectivity index (χ3n) is 7.40. The molecule has 3 N–H and O–H groups in total. The van der Waals surface area contributed by atoms with E-state index < -0.39 is 11.4 Å². The topological polar surface area (TPSA) is 146 Å². The van der Waals surface area contributed by atoms with Crippen molar-refractivity contribution in [2.75, 3.05) is 12.4 Å². The van der Waals surface area contributed by atoms with Gasteiger partial charge in [-0.05, 0) is 63.3 Å². The fourth-order valence-corrected chi connectivity index (χ4v) is 5.07. The Morgan fingerprint density at radius 2 is 2.05 bits per heavy atom. The van der Waals surface area contributed by atoms with Gasteiger partial charge in [0.05, 0.1) is 29.7 Å². The zero-order valence-electron chi connectivity index (χ0n) is 22.5. The molecule has 0 aliphatic heterocycles. The summed E-state index contributed by atoms with van der Waals surface area (Å²) < 4.78 is 20.4. The van der Waals surface area contributed by atoms with Gasteiger partial charge in [-0.2, -0.15) is 15.5 Å². The molecule has 12 heteroatoms. The van der Waals surface area contributed by atoms with Crippen molar-refractivity contribution < 1.29 is 13.9 Å². The number of nitriles is 1. The highest BCUT2D eigenvalue weighted by atomic mass is 19.1. The third-order valence-corrected chi connectivity index (χ3v) is 7.40. The molecule has 1 saturated carbocycles. The normalized spacial score (nSPS) is 19.5. The number of aromatic amines is 1. The number of ether oxygens (including phenoxy) is 1. The van der Waals surface area contributed by atoms with E-state index in [0.29, 0.717) is 54.4 Å². The number of nitrogens with zero attached hydrogens (tertiary/aromatic N) is 6. The Morgan fingerprint density at radius 1 is 1.25 bits per heavy atom. The predicted molar refractivity (Wildman–Crippen MR) is 144 cm³/mol. The van der Waals surface area contributed by atoms with Crippen molar-refractivity contribution in [3.63, 3.8) is 0 Å². The number of carbonyl (C=O) groups excluding carboxylic acids is 1. The number of amides is 1. The van der Waals surface area contributed by atoms with E-state index in [-0.39, 0.29) is 17.9 Å². The zero-order chi connectivity index (χ0) is 28.3. The van der Waals surface area contributed by atoms with E-state index in [1.807, 2.05) is 26.0 Å². The fourth-order valence-electron chi connectivity index (χ4n) is 5.07. The highest BCUT2D eigenvalue weighted by Crippen LogP contribution is 2.41. The first-order valence-electron chi connectivity index (χ1n) is 13.0. The van der Waals surface area contributed by atoms with E-state index in [9.17, 15) is 14.4 Å². The largest absolute Gasteiger partial charge is 0.368 e. The van der Waals surface area contributed by atoms with Crippen molar-refractivity contribution in [3.05, 3.63) is 77.3 Å². The molecule has 1 aliphatic rings. The van der Waals surface area contributed by atoms with Crippen LogP contribution in [-0.2, 0) is 9.53 Å². The number of aromatic nitrogens is 6. The summed E-state index contributed by atoms with van der Waals surface area (Å²) in [6, 6.07) is 10.9. The van der Waals surface area contributed by atoms with Gasteiger partial charge in [0, 0.05) is 31.0 Å². The molecule has 1 atom stereocenters. The first-order chi connectivity index (χ1) is 19.3. The van der Waals surface area contributed by atoms with Crippen LogP contribution in [-0.4, -0.2) is 48.6 Å². The lowest BCUT2D eigenvalue weighted by atomic mass is 9.76. The predicted octanol–water partition coefficient (Wildman–Crippen LogP) is 4.37. The van der Waals surface area contributed by atoms with Gasteiger partial charge in [-0.25, -0.2) is 19.0 Å². The van der Waals surface area contributed by atoms with Crippen molar-refractivity contribution in [2.24, 2.45) is 0 Å². The molecule has 4 aromatic heterocycles. The van der Waals surface area contributed by atoms with Gasteiger partial charge in [-0.15, -0.1) is 0 Å². The van der Waals surface area contributed by atoms with E-state index in [0.717, 1.165) is 17.5 Å². The molecular weight excluding hydrogens is 513 g/mol. The smallest absolute Gasteiger partial charge is 0.252 e. The number of hydrogen-bond donors (Lipinski definition) is 3. The van der Waals surface area contributed by atoms with Crippen LogP contribution in [0.1, 0.15) is 67.1 Å². The average Bonchev–Trinajstić information content (AvgIpc) is 3.60. The summed E-state index contributed by atoms with van der Waals surface area (Å²) in [6.07, 6.45) is 6.24. The van der Waals surface area contributed by atoms with Gasteiger partial charge < -0.3 is 15.4 Å². The summed E-state index contributed by atoms with van der Waals surface area (Å²) in [6.45, 7) is 3.79. The van der Waals surface area contributed by atoms with Gasteiger partial charge in [0.15, 0.2) is 17.5 Å². The van der Waals surface area contributed by atoms with Gasteiger partial charge >= 0.3 is 0 Å². The summed E-state index contributed by atoms with van der Waals surface area (Å²) in [7, 11) is 1.56. The summed E-state index contributed by atoms with van der Waals surface area (Å²) in [4.78, 5) is 22.5. The molecule has 40 heavy (non-hydrogen) atoms. The number of anilines is 2. The van der Waals surface area contributed by atoms with E-state index >= 15 is 0 Å². The van der Waals surface area contributed by atoms with Crippen LogP contribution in [0.15, 0.2) is 48.9 Å². The van der Waals surface area contributed by atoms with E-state index in [1.54, 1.807) is 31.5 Å². The molecule has 0 bridgehead atoms. The molecule has 0 saturated heterocycles. The number of rotatable bonds is 8. The Labute approximate surface area is 230 Å². The summed E-state index contributed by atoms with van der Waals surface area (Å²) in [5, 5.41) is 26.9. The number of nitrogens with one attached hydrogen (secondary N) is 3. The van der Waals surface area contributed by atoms with Crippen LogP contribution in [0.3, 0.4) is 0 Å². The van der Waals surface area contributed by atoms with E-state index in [1.165, 1.54) is 10.9 Å². The Balaban J connectivity index is 1.24. The lowest BCUT2D eigenvalue weighted by Gasteiger charge is -2.38. The number of pyridine rings is 2. The maximum atomic E-state index is 13.5. The van der Waals surface area contributed by atoms with E-state index in [2.05, 4.69) is 37.0 Å². The molecule has 0 radical (unpaired) electrons. The maximum Gasteiger partial charge on any atom is 0.252 e. The van der Waals surface area contributed by atoms with Crippen molar-refractivity contribution in [3.8, 4) is 11.9 Å². The van der Waals surface area contributed by atoms with Crippen LogP contribution in [0.4, 0.5) is 16.0 Å². The second-order valence-corrected chi connectivity index (χ2v) is 10.0. The summed E-state index contributed by atoms with van der Waals surface area (Å²) in [5.41, 5.74) is 1.96. The number of H-pyrrole nitrogens is 1. The minimum Gasteiger partial charge on any atom is -0.368 e. The minimum atomic E-state index is -0.986. The first-order valence-corrected chi connectivity index (χ1v) is 13.0. The molecule has 206 valence electrons. The van der Waals surface area contributed by atoms with Crippen LogP contribution < -0.4 is 10.6 Å². The van der Waals surface area contributed by atoms with Crippen LogP contribution in [0, 0.1) is 24.1 Å². The van der Waals surface area contributed by atoms with Crippen molar-refractivity contribution in [2.45, 2.75) is 57.1 Å². The average molecular weight is 544 g/mol. The van der Waals surface area contributed by atoms with Gasteiger partial charge in [0.1, 0.15) is 17.5 Å². The molecule has 11 nitrogen and oxygen atoms in total. The molecule has 4 aromatic rings. The molecular formula is C28H30FN9O2. The first kappa shape index (κ1) is 27.0. The van der Waals surface area contributed by atoms with Gasteiger partial charge in [-0.1, -0.05) is 6.07 Å². The number of carbonyl (C=O) groups is 1. The van der Waals surface area contributed by atoms with E-state index in [4.69, 9.17) is 9.72 Å². The number of aryl methyl sites for hydroxylation is 1. The molecule has 0 unspecified atom stereocenters. The molecule has 1 amide bonds. The van der Waals surface area contributed by atoms with Crippen molar-refractivity contribution in [1.82, 2.24) is 35.3 Å². The number of halogens is 1.